The van der Waals surface area contributed by atoms with Crippen LogP contribution in [0.2, 0.25) is 0 Å². The Kier molecular flexibility index (Phi) is 5.08. The zero-order valence-corrected chi connectivity index (χ0v) is 15.5. The molecule has 0 N–H and O–H groups in total. The van der Waals surface area contributed by atoms with Crippen LogP contribution in [0.1, 0.15) is 34.3 Å². The van der Waals surface area contributed by atoms with Gasteiger partial charge in [-0.15, -0.1) is 11.3 Å². The lowest BCUT2D eigenvalue weighted by molar-refractivity contribution is -0.133. The van der Waals surface area contributed by atoms with E-state index < -0.39 is 0 Å². The number of hydrogen-bond acceptors (Lipinski definition) is 5. The van der Waals surface area contributed by atoms with Crippen LogP contribution in [0.4, 0.5) is 0 Å². The minimum Gasteiger partial charge on any atom is -0.459 e. The van der Waals surface area contributed by atoms with Crippen LogP contribution in [-0.2, 0) is 4.79 Å². The van der Waals surface area contributed by atoms with Crippen molar-refractivity contribution < 1.29 is 14.0 Å². The van der Waals surface area contributed by atoms with Crippen LogP contribution in [0, 0.1) is 0 Å². The van der Waals surface area contributed by atoms with E-state index in [1.807, 2.05) is 4.90 Å². The van der Waals surface area contributed by atoms with Gasteiger partial charge in [-0.25, -0.2) is 0 Å². The number of rotatable bonds is 4. The summed E-state index contributed by atoms with van der Waals surface area (Å²) < 4.78 is 5.19. The number of piperazine rings is 1. The van der Waals surface area contributed by atoms with Crippen molar-refractivity contribution in [1.82, 2.24) is 14.7 Å². The van der Waals surface area contributed by atoms with E-state index in [9.17, 15) is 9.59 Å². The average Bonchev–Trinajstić information content (AvgIpc) is 3.43. The van der Waals surface area contributed by atoms with E-state index in [0.717, 1.165) is 32.5 Å². The van der Waals surface area contributed by atoms with Crippen LogP contribution >= 0.6 is 11.3 Å². The summed E-state index contributed by atoms with van der Waals surface area (Å²) in [5.74, 6) is 0.510. The first-order chi connectivity index (χ1) is 12.7. The molecule has 0 saturated carbocycles. The molecule has 0 spiro atoms. The molecular formula is C19H23N3O3S. The van der Waals surface area contributed by atoms with Gasteiger partial charge in [0.15, 0.2) is 5.76 Å². The Morgan fingerprint density at radius 2 is 1.96 bits per heavy atom. The molecule has 2 amide bonds. The van der Waals surface area contributed by atoms with Crippen LogP contribution < -0.4 is 0 Å². The highest BCUT2D eigenvalue weighted by Gasteiger charge is 2.32. The minimum absolute atomic E-state index is 0.0710. The predicted molar refractivity (Wildman–Crippen MR) is 99.1 cm³/mol. The fraction of sp³-hybridized carbons (Fsp3) is 0.474. The van der Waals surface area contributed by atoms with Crippen molar-refractivity contribution in [2.75, 3.05) is 39.3 Å². The number of furan rings is 1. The summed E-state index contributed by atoms with van der Waals surface area (Å²) in [6.45, 7) is 3.97. The zero-order valence-electron chi connectivity index (χ0n) is 14.7. The number of thiophene rings is 1. The second kappa shape index (κ2) is 7.63. The lowest BCUT2D eigenvalue weighted by atomic mass is 10.2. The van der Waals surface area contributed by atoms with Crippen molar-refractivity contribution in [1.29, 1.82) is 0 Å². The molecule has 7 heteroatoms. The molecule has 4 heterocycles. The Hall–Kier alpha value is -2.12. The lowest BCUT2D eigenvalue weighted by Crippen LogP contribution is -2.51. The topological polar surface area (TPSA) is 57.0 Å². The second-order valence-electron chi connectivity index (χ2n) is 6.81. The van der Waals surface area contributed by atoms with Crippen LogP contribution in [0.25, 0.3) is 0 Å². The molecule has 138 valence electrons. The maximum Gasteiger partial charge on any atom is 0.289 e. The first-order valence-corrected chi connectivity index (χ1v) is 9.98. The Morgan fingerprint density at radius 3 is 2.65 bits per heavy atom. The van der Waals surface area contributed by atoms with Gasteiger partial charge in [-0.05, 0) is 36.4 Å². The quantitative estimate of drug-likeness (QED) is 0.826. The van der Waals surface area contributed by atoms with E-state index in [4.69, 9.17) is 4.42 Å². The summed E-state index contributed by atoms with van der Waals surface area (Å²) >= 11 is 1.73. The van der Waals surface area contributed by atoms with Gasteiger partial charge >= 0.3 is 0 Å². The van der Waals surface area contributed by atoms with Gasteiger partial charge < -0.3 is 14.2 Å². The summed E-state index contributed by atoms with van der Waals surface area (Å²) in [5, 5.41) is 2.07. The standard InChI is InChI=1S/C19H23N3O3S/c23-18(22-7-1-4-15(22)17-6-3-13-26-17)14-20-8-10-21(11-9-20)19(24)16-5-2-12-25-16/h2-3,5-6,12-13,15H,1,4,7-11,14H2/t15-/m1/s1. The molecule has 2 saturated heterocycles. The first-order valence-electron chi connectivity index (χ1n) is 9.10. The fourth-order valence-corrected chi connectivity index (χ4v) is 4.66. The van der Waals surface area contributed by atoms with Gasteiger partial charge in [-0.3, -0.25) is 14.5 Å². The monoisotopic (exact) mass is 373 g/mol. The third-order valence-electron chi connectivity index (χ3n) is 5.20. The van der Waals surface area contributed by atoms with Gasteiger partial charge in [0.05, 0.1) is 18.8 Å². The Morgan fingerprint density at radius 1 is 1.12 bits per heavy atom. The predicted octanol–water partition coefficient (Wildman–Crippen LogP) is 2.46. The van der Waals surface area contributed by atoms with Crippen LogP contribution in [0.15, 0.2) is 40.3 Å². The number of amides is 2. The molecule has 2 aromatic heterocycles. The van der Waals surface area contributed by atoms with Crippen molar-refractivity contribution in [2.24, 2.45) is 0 Å². The molecule has 2 aromatic rings. The van der Waals surface area contributed by atoms with Gasteiger partial charge in [0.2, 0.25) is 5.91 Å². The Bertz CT molecular complexity index is 736. The average molecular weight is 373 g/mol. The molecule has 2 fully saturated rings. The van der Waals surface area contributed by atoms with Crippen molar-refractivity contribution in [3.63, 3.8) is 0 Å². The maximum atomic E-state index is 12.8. The molecule has 0 bridgehead atoms. The fourth-order valence-electron chi connectivity index (χ4n) is 3.79. The number of nitrogens with zero attached hydrogens (tertiary/aromatic N) is 3. The zero-order chi connectivity index (χ0) is 17.9. The molecule has 2 aliphatic rings. The molecule has 1 atom stereocenters. The van der Waals surface area contributed by atoms with E-state index in [1.54, 1.807) is 28.4 Å². The number of carbonyl (C=O) groups excluding carboxylic acids is 2. The van der Waals surface area contributed by atoms with Crippen molar-refractivity contribution in [3.8, 4) is 0 Å². The van der Waals surface area contributed by atoms with Gasteiger partial charge in [0.25, 0.3) is 5.91 Å². The number of likely N-dealkylation sites (tertiary alicyclic amines) is 1. The normalized spacial score (nSPS) is 21.3. The van der Waals surface area contributed by atoms with Crippen molar-refractivity contribution in [2.45, 2.75) is 18.9 Å². The molecule has 0 radical (unpaired) electrons. The van der Waals surface area contributed by atoms with E-state index >= 15 is 0 Å². The van der Waals surface area contributed by atoms with Gasteiger partial charge in [-0.2, -0.15) is 0 Å². The van der Waals surface area contributed by atoms with Gasteiger partial charge in [-0.1, -0.05) is 6.07 Å². The molecule has 0 aliphatic carbocycles. The summed E-state index contributed by atoms with van der Waals surface area (Å²) in [4.78, 5) is 32.4. The number of hydrogen-bond donors (Lipinski definition) is 0. The lowest BCUT2D eigenvalue weighted by Gasteiger charge is -2.35. The van der Waals surface area contributed by atoms with Crippen LogP contribution in [-0.4, -0.2) is 65.8 Å². The molecule has 0 aromatic carbocycles. The molecular weight excluding hydrogens is 350 g/mol. The SMILES string of the molecule is O=C(c1ccco1)N1CCN(CC(=O)N2CCC[C@@H]2c2cccs2)CC1. The second-order valence-corrected chi connectivity index (χ2v) is 7.79. The van der Waals surface area contributed by atoms with E-state index in [1.165, 1.54) is 11.1 Å². The smallest absolute Gasteiger partial charge is 0.289 e. The molecule has 0 unspecified atom stereocenters. The van der Waals surface area contributed by atoms with E-state index in [2.05, 4.69) is 22.4 Å². The largest absolute Gasteiger partial charge is 0.459 e. The van der Waals surface area contributed by atoms with Gasteiger partial charge in [0, 0.05) is 37.6 Å². The van der Waals surface area contributed by atoms with Crippen molar-refractivity contribution in [3.05, 3.63) is 46.5 Å². The van der Waals surface area contributed by atoms with Crippen molar-refractivity contribution >= 4 is 23.2 Å². The Balaban J connectivity index is 1.30. The summed E-state index contributed by atoms with van der Waals surface area (Å²) in [6.07, 6.45) is 3.64. The highest BCUT2D eigenvalue weighted by Crippen LogP contribution is 2.34. The third kappa shape index (κ3) is 3.54. The van der Waals surface area contributed by atoms with E-state index in [-0.39, 0.29) is 17.9 Å². The van der Waals surface area contributed by atoms with Crippen LogP contribution in [0.3, 0.4) is 0 Å². The molecule has 4 rings (SSSR count). The highest BCUT2D eigenvalue weighted by atomic mass is 32.1. The third-order valence-corrected chi connectivity index (χ3v) is 6.17. The van der Waals surface area contributed by atoms with Crippen LogP contribution in [0.5, 0.6) is 0 Å². The van der Waals surface area contributed by atoms with E-state index in [0.29, 0.717) is 25.4 Å². The maximum absolute atomic E-state index is 12.8. The number of carbonyl (C=O) groups is 2. The molecule has 26 heavy (non-hydrogen) atoms. The first kappa shape index (κ1) is 17.3. The summed E-state index contributed by atoms with van der Waals surface area (Å²) in [6, 6.07) is 7.83. The highest BCUT2D eigenvalue weighted by molar-refractivity contribution is 7.10. The summed E-state index contributed by atoms with van der Waals surface area (Å²) in [7, 11) is 0. The molecule has 6 nitrogen and oxygen atoms in total. The molecule has 2 aliphatic heterocycles. The Labute approximate surface area is 157 Å². The minimum atomic E-state index is -0.0710. The summed E-state index contributed by atoms with van der Waals surface area (Å²) in [5.41, 5.74) is 0. The van der Waals surface area contributed by atoms with Gasteiger partial charge in [0.1, 0.15) is 0 Å².